The summed E-state index contributed by atoms with van der Waals surface area (Å²) in [4.78, 5) is 11.2. The Kier molecular flexibility index (Phi) is 4.39. The van der Waals surface area contributed by atoms with Crippen molar-refractivity contribution in [1.82, 2.24) is 14.9 Å². The van der Waals surface area contributed by atoms with Gasteiger partial charge in [-0.25, -0.2) is 9.97 Å². The lowest BCUT2D eigenvalue weighted by molar-refractivity contribution is -0.145. The molecule has 0 bridgehead atoms. The summed E-state index contributed by atoms with van der Waals surface area (Å²) in [5, 5.41) is 8.99. The van der Waals surface area contributed by atoms with Crippen LogP contribution >= 0.6 is 0 Å². The minimum atomic E-state index is -4.18. The van der Waals surface area contributed by atoms with Crippen LogP contribution in [0.5, 0.6) is 0 Å². The second kappa shape index (κ2) is 6.05. The van der Waals surface area contributed by atoms with E-state index in [-0.39, 0.29) is 5.69 Å². The van der Waals surface area contributed by atoms with E-state index in [1.54, 1.807) is 0 Å². The van der Waals surface area contributed by atoms with Crippen molar-refractivity contribution in [3.8, 4) is 6.07 Å². The fourth-order valence-electron chi connectivity index (χ4n) is 2.24. The number of hydrogen-bond donors (Lipinski definition) is 0. The van der Waals surface area contributed by atoms with Gasteiger partial charge in [-0.2, -0.15) is 18.4 Å². The molecule has 0 spiro atoms. The van der Waals surface area contributed by atoms with Crippen LogP contribution in [0.1, 0.15) is 12.1 Å². The summed E-state index contributed by atoms with van der Waals surface area (Å²) in [6.45, 7) is 0.761. The van der Waals surface area contributed by atoms with E-state index in [1.807, 2.05) is 11.0 Å². The van der Waals surface area contributed by atoms with Gasteiger partial charge in [-0.1, -0.05) is 0 Å². The van der Waals surface area contributed by atoms with E-state index in [0.717, 1.165) is 0 Å². The molecule has 1 aromatic rings. The number of alkyl halides is 3. The molecule has 0 amide bonds. The zero-order chi connectivity index (χ0) is 14.6. The van der Waals surface area contributed by atoms with Gasteiger partial charge in [-0.05, 0) is 6.42 Å². The monoisotopic (exact) mass is 285 g/mol. The highest BCUT2D eigenvalue weighted by Crippen LogP contribution is 2.20. The first-order chi connectivity index (χ1) is 9.49. The van der Waals surface area contributed by atoms with Gasteiger partial charge in [0.2, 0.25) is 0 Å². The van der Waals surface area contributed by atoms with Crippen molar-refractivity contribution in [2.45, 2.75) is 12.6 Å². The van der Waals surface area contributed by atoms with Gasteiger partial charge in [0.15, 0.2) is 11.5 Å². The molecule has 0 radical (unpaired) electrons. The summed E-state index contributed by atoms with van der Waals surface area (Å²) in [6.07, 6.45) is -0.679. The van der Waals surface area contributed by atoms with Crippen molar-refractivity contribution in [2.24, 2.45) is 0 Å². The third-order valence-corrected chi connectivity index (χ3v) is 3.08. The Bertz CT molecular complexity index is 497. The van der Waals surface area contributed by atoms with Crippen LogP contribution in [0.15, 0.2) is 12.4 Å². The third-order valence-electron chi connectivity index (χ3n) is 3.08. The molecule has 1 aliphatic rings. The third kappa shape index (κ3) is 3.81. The molecule has 1 saturated heterocycles. The first-order valence-electron chi connectivity index (χ1n) is 6.25. The summed E-state index contributed by atoms with van der Waals surface area (Å²) in [5.41, 5.74) is 0.205. The van der Waals surface area contributed by atoms with Crippen LogP contribution in [-0.4, -0.2) is 53.8 Å². The van der Waals surface area contributed by atoms with Crippen molar-refractivity contribution in [2.75, 3.05) is 37.6 Å². The lowest BCUT2D eigenvalue weighted by Crippen LogP contribution is -2.37. The second-order valence-corrected chi connectivity index (χ2v) is 4.57. The minimum absolute atomic E-state index is 0.205. The summed E-state index contributed by atoms with van der Waals surface area (Å²) in [5.74, 6) is 0.448. The highest BCUT2D eigenvalue weighted by atomic mass is 19.4. The number of nitriles is 1. The molecule has 8 heteroatoms. The van der Waals surface area contributed by atoms with Crippen molar-refractivity contribution in [3.05, 3.63) is 18.1 Å². The van der Waals surface area contributed by atoms with Crippen molar-refractivity contribution < 1.29 is 13.2 Å². The molecule has 0 unspecified atom stereocenters. The summed E-state index contributed by atoms with van der Waals surface area (Å²) < 4.78 is 37.2. The Balaban J connectivity index is 2.05. The van der Waals surface area contributed by atoms with Gasteiger partial charge in [0.1, 0.15) is 6.07 Å². The maximum absolute atomic E-state index is 12.4. The molecule has 20 heavy (non-hydrogen) atoms. The smallest absolute Gasteiger partial charge is 0.353 e. The van der Waals surface area contributed by atoms with E-state index in [4.69, 9.17) is 5.26 Å². The van der Waals surface area contributed by atoms with Crippen molar-refractivity contribution in [3.63, 3.8) is 0 Å². The molecule has 0 atom stereocenters. The molecular weight excluding hydrogens is 271 g/mol. The lowest BCUT2D eigenvalue weighted by atomic mass is 10.3. The predicted molar refractivity (Wildman–Crippen MR) is 66.1 cm³/mol. The molecule has 0 aliphatic carbocycles. The average molecular weight is 285 g/mol. The van der Waals surface area contributed by atoms with Crippen LogP contribution in [-0.2, 0) is 0 Å². The van der Waals surface area contributed by atoms with Gasteiger partial charge in [0, 0.05) is 38.6 Å². The molecule has 0 saturated carbocycles. The van der Waals surface area contributed by atoms with Gasteiger partial charge in [0.05, 0.1) is 6.54 Å². The van der Waals surface area contributed by atoms with Crippen LogP contribution in [0, 0.1) is 11.3 Å². The van der Waals surface area contributed by atoms with Gasteiger partial charge in [-0.3, -0.25) is 4.90 Å². The van der Waals surface area contributed by atoms with E-state index in [2.05, 4.69) is 9.97 Å². The fourth-order valence-corrected chi connectivity index (χ4v) is 2.24. The molecule has 108 valence electrons. The topological polar surface area (TPSA) is 56.1 Å². The van der Waals surface area contributed by atoms with Gasteiger partial charge >= 0.3 is 6.18 Å². The Morgan fingerprint density at radius 2 is 1.90 bits per heavy atom. The lowest BCUT2D eigenvalue weighted by Gasteiger charge is -2.23. The molecule has 5 nitrogen and oxygen atoms in total. The molecule has 0 aromatic carbocycles. The largest absolute Gasteiger partial charge is 0.401 e. The van der Waals surface area contributed by atoms with Crippen LogP contribution < -0.4 is 4.90 Å². The average Bonchev–Trinajstić information content (AvgIpc) is 2.62. The molecule has 1 fully saturated rings. The van der Waals surface area contributed by atoms with Crippen molar-refractivity contribution in [1.29, 1.82) is 5.26 Å². The summed E-state index contributed by atoms with van der Waals surface area (Å²) in [6, 6.07) is 1.95. The Labute approximate surface area is 114 Å². The van der Waals surface area contributed by atoms with E-state index in [0.29, 0.717) is 38.4 Å². The fraction of sp³-hybridized carbons (Fsp3) is 0.583. The first kappa shape index (κ1) is 14.5. The standard InChI is InChI=1S/C12H14F3N5/c13-12(14,15)9-19-4-1-5-20(7-6-19)11-10(8-16)17-2-3-18-11/h2-3H,1,4-7,9H2. The quantitative estimate of drug-likeness (QED) is 0.822. The van der Waals surface area contributed by atoms with Crippen LogP contribution in [0.25, 0.3) is 0 Å². The highest BCUT2D eigenvalue weighted by molar-refractivity contribution is 5.49. The van der Waals surface area contributed by atoms with Gasteiger partial charge in [0.25, 0.3) is 0 Å². The number of aromatic nitrogens is 2. The maximum Gasteiger partial charge on any atom is 0.401 e. The van der Waals surface area contributed by atoms with Crippen LogP contribution in [0.2, 0.25) is 0 Å². The number of anilines is 1. The molecule has 2 rings (SSSR count). The van der Waals surface area contributed by atoms with E-state index < -0.39 is 12.7 Å². The zero-order valence-corrected chi connectivity index (χ0v) is 10.8. The molecular formula is C12H14F3N5. The van der Waals surface area contributed by atoms with E-state index >= 15 is 0 Å². The van der Waals surface area contributed by atoms with Gasteiger partial charge in [-0.15, -0.1) is 0 Å². The van der Waals surface area contributed by atoms with Crippen LogP contribution in [0.3, 0.4) is 0 Å². The molecule has 1 aliphatic heterocycles. The highest BCUT2D eigenvalue weighted by Gasteiger charge is 2.31. The summed E-state index contributed by atoms with van der Waals surface area (Å²) >= 11 is 0. The minimum Gasteiger partial charge on any atom is -0.353 e. The maximum atomic E-state index is 12.4. The Morgan fingerprint density at radius 1 is 1.15 bits per heavy atom. The molecule has 1 aromatic heterocycles. The molecule has 2 heterocycles. The number of rotatable bonds is 2. The number of hydrogen-bond acceptors (Lipinski definition) is 5. The predicted octanol–water partition coefficient (Wildman–Crippen LogP) is 1.42. The SMILES string of the molecule is N#Cc1nccnc1N1CCCN(CC(F)(F)F)CC1. The molecule has 0 N–H and O–H groups in total. The Morgan fingerprint density at radius 3 is 2.60 bits per heavy atom. The number of nitrogens with zero attached hydrogens (tertiary/aromatic N) is 5. The number of halogens is 3. The van der Waals surface area contributed by atoms with Crippen molar-refractivity contribution >= 4 is 5.82 Å². The zero-order valence-electron chi connectivity index (χ0n) is 10.8. The normalized spacial score (nSPS) is 17.6. The van der Waals surface area contributed by atoms with Gasteiger partial charge < -0.3 is 4.90 Å². The Hall–Kier alpha value is -1.88. The first-order valence-corrected chi connectivity index (χ1v) is 6.25. The van der Waals surface area contributed by atoms with E-state index in [9.17, 15) is 13.2 Å². The second-order valence-electron chi connectivity index (χ2n) is 4.57. The van der Waals surface area contributed by atoms with E-state index in [1.165, 1.54) is 17.3 Å². The summed E-state index contributed by atoms with van der Waals surface area (Å²) in [7, 11) is 0. The van der Waals surface area contributed by atoms with Crippen LogP contribution in [0.4, 0.5) is 19.0 Å².